The van der Waals surface area contributed by atoms with Gasteiger partial charge in [0, 0.05) is 31.4 Å². The highest BCUT2D eigenvalue weighted by Crippen LogP contribution is 2.26. The Morgan fingerprint density at radius 1 is 1.19 bits per heavy atom. The van der Waals surface area contributed by atoms with E-state index in [-0.39, 0.29) is 5.82 Å². The van der Waals surface area contributed by atoms with E-state index < -0.39 is 0 Å². The van der Waals surface area contributed by atoms with Crippen LogP contribution in [0.1, 0.15) is 31.7 Å². The highest BCUT2D eigenvalue weighted by atomic mass is 19.1. The summed E-state index contributed by atoms with van der Waals surface area (Å²) >= 11 is 0. The minimum Gasteiger partial charge on any atom is -0.370 e. The zero-order chi connectivity index (χ0) is 14.7. The van der Waals surface area contributed by atoms with Crippen LogP contribution in [0, 0.1) is 5.82 Å². The number of halogens is 1. The molecular weight excluding hydrogens is 265 g/mol. The van der Waals surface area contributed by atoms with Crippen molar-refractivity contribution in [1.82, 2.24) is 10.2 Å². The molecule has 2 saturated heterocycles. The number of nitrogens with zero attached hydrogens (tertiary/aromatic N) is 2. The maximum absolute atomic E-state index is 13.8. The van der Waals surface area contributed by atoms with Gasteiger partial charge in [-0.3, -0.25) is 4.90 Å². The van der Waals surface area contributed by atoms with Crippen LogP contribution in [-0.4, -0.2) is 43.7 Å². The summed E-state index contributed by atoms with van der Waals surface area (Å²) in [5.74, 6) is -0.120. The first-order valence-corrected chi connectivity index (χ1v) is 8.25. The van der Waals surface area contributed by atoms with Crippen LogP contribution in [-0.2, 0) is 6.54 Å². The molecule has 1 aromatic carbocycles. The number of benzene rings is 1. The van der Waals surface area contributed by atoms with Crippen LogP contribution in [0.2, 0.25) is 0 Å². The third kappa shape index (κ3) is 3.55. The van der Waals surface area contributed by atoms with Crippen LogP contribution >= 0.6 is 0 Å². The largest absolute Gasteiger partial charge is 0.370 e. The molecule has 0 bridgehead atoms. The van der Waals surface area contributed by atoms with E-state index in [4.69, 9.17) is 0 Å². The standard InChI is InChI=1S/C17H26FN3/c1-2-19-12-14-9-15(18)11-17(10-14)21-8-5-16(13-21)20-6-3-4-7-20/h9-11,16,19H,2-8,12-13H2,1H3. The Labute approximate surface area is 127 Å². The molecule has 4 heteroatoms. The van der Waals surface area contributed by atoms with Gasteiger partial charge in [0.2, 0.25) is 0 Å². The van der Waals surface area contributed by atoms with Crippen molar-refractivity contribution in [3.8, 4) is 0 Å². The number of hydrogen-bond acceptors (Lipinski definition) is 3. The molecule has 0 saturated carbocycles. The lowest BCUT2D eigenvalue weighted by Gasteiger charge is -2.24. The van der Waals surface area contributed by atoms with Crippen molar-refractivity contribution in [2.45, 2.75) is 38.8 Å². The molecular formula is C17H26FN3. The van der Waals surface area contributed by atoms with Crippen LogP contribution in [0.5, 0.6) is 0 Å². The van der Waals surface area contributed by atoms with Gasteiger partial charge in [0.05, 0.1) is 0 Å². The predicted octanol–water partition coefficient (Wildman–Crippen LogP) is 2.61. The molecule has 0 aromatic heterocycles. The average molecular weight is 291 g/mol. The summed E-state index contributed by atoms with van der Waals surface area (Å²) in [4.78, 5) is 4.96. The number of hydrogen-bond donors (Lipinski definition) is 1. The zero-order valence-electron chi connectivity index (χ0n) is 12.9. The minimum atomic E-state index is -0.120. The van der Waals surface area contributed by atoms with E-state index in [9.17, 15) is 4.39 Å². The smallest absolute Gasteiger partial charge is 0.125 e. The zero-order valence-corrected chi connectivity index (χ0v) is 12.9. The molecule has 0 radical (unpaired) electrons. The number of nitrogens with one attached hydrogen (secondary N) is 1. The molecule has 2 aliphatic rings. The molecule has 1 atom stereocenters. The molecule has 2 aliphatic heterocycles. The third-order valence-electron chi connectivity index (χ3n) is 4.71. The second-order valence-electron chi connectivity index (χ2n) is 6.23. The van der Waals surface area contributed by atoms with Crippen LogP contribution in [0.15, 0.2) is 18.2 Å². The molecule has 3 rings (SSSR count). The molecule has 1 N–H and O–H groups in total. The quantitative estimate of drug-likeness (QED) is 0.899. The summed E-state index contributed by atoms with van der Waals surface area (Å²) in [6.45, 7) is 8.30. The van der Waals surface area contributed by atoms with E-state index in [2.05, 4.69) is 28.1 Å². The Kier molecular flexibility index (Phi) is 4.76. The highest BCUT2D eigenvalue weighted by Gasteiger charge is 2.29. The van der Waals surface area contributed by atoms with Gasteiger partial charge in [-0.2, -0.15) is 0 Å². The van der Waals surface area contributed by atoms with Crippen molar-refractivity contribution in [1.29, 1.82) is 0 Å². The van der Waals surface area contributed by atoms with Crippen LogP contribution in [0.25, 0.3) is 0 Å². The van der Waals surface area contributed by atoms with Crippen molar-refractivity contribution < 1.29 is 4.39 Å². The molecule has 1 aromatic rings. The first-order valence-electron chi connectivity index (χ1n) is 8.25. The van der Waals surface area contributed by atoms with E-state index in [1.807, 2.05) is 0 Å². The summed E-state index contributed by atoms with van der Waals surface area (Å²) in [6.07, 6.45) is 3.88. The Balaban J connectivity index is 1.67. The molecule has 0 amide bonds. The predicted molar refractivity (Wildman–Crippen MR) is 85.2 cm³/mol. The molecule has 0 spiro atoms. The third-order valence-corrected chi connectivity index (χ3v) is 4.71. The van der Waals surface area contributed by atoms with Gasteiger partial charge >= 0.3 is 0 Å². The van der Waals surface area contributed by atoms with Crippen LogP contribution in [0.4, 0.5) is 10.1 Å². The summed E-state index contributed by atoms with van der Waals surface area (Å²) in [6, 6.07) is 6.12. The van der Waals surface area contributed by atoms with E-state index >= 15 is 0 Å². The maximum Gasteiger partial charge on any atom is 0.125 e. The van der Waals surface area contributed by atoms with Gasteiger partial charge in [-0.25, -0.2) is 4.39 Å². The summed E-state index contributed by atoms with van der Waals surface area (Å²) < 4.78 is 13.8. The minimum absolute atomic E-state index is 0.120. The second kappa shape index (κ2) is 6.75. The summed E-state index contributed by atoms with van der Waals surface area (Å²) in [5.41, 5.74) is 2.08. The fourth-order valence-electron chi connectivity index (χ4n) is 3.57. The number of likely N-dealkylation sites (tertiary alicyclic amines) is 1. The normalized spacial score (nSPS) is 23.1. The maximum atomic E-state index is 13.8. The van der Waals surface area contributed by atoms with Gasteiger partial charge in [-0.1, -0.05) is 6.92 Å². The summed E-state index contributed by atoms with van der Waals surface area (Å²) in [5, 5.41) is 3.27. The monoisotopic (exact) mass is 291 g/mol. The van der Waals surface area contributed by atoms with E-state index in [0.29, 0.717) is 6.04 Å². The fourth-order valence-corrected chi connectivity index (χ4v) is 3.57. The fraction of sp³-hybridized carbons (Fsp3) is 0.647. The molecule has 0 aliphatic carbocycles. The van der Waals surface area contributed by atoms with Crippen molar-refractivity contribution >= 4 is 5.69 Å². The molecule has 2 fully saturated rings. The van der Waals surface area contributed by atoms with Crippen molar-refractivity contribution in [2.24, 2.45) is 0 Å². The lowest BCUT2D eigenvalue weighted by molar-refractivity contribution is 0.260. The molecule has 116 valence electrons. The topological polar surface area (TPSA) is 18.5 Å². The lowest BCUT2D eigenvalue weighted by atomic mass is 10.1. The molecule has 3 nitrogen and oxygen atoms in total. The van der Waals surface area contributed by atoms with Crippen molar-refractivity contribution in [3.63, 3.8) is 0 Å². The van der Waals surface area contributed by atoms with Crippen LogP contribution < -0.4 is 10.2 Å². The van der Waals surface area contributed by atoms with Gasteiger partial charge in [0.15, 0.2) is 0 Å². The van der Waals surface area contributed by atoms with E-state index in [1.54, 1.807) is 12.1 Å². The van der Waals surface area contributed by atoms with Gasteiger partial charge in [-0.05, 0) is 62.7 Å². The molecule has 21 heavy (non-hydrogen) atoms. The Hall–Kier alpha value is -1.13. The van der Waals surface area contributed by atoms with Gasteiger partial charge < -0.3 is 10.2 Å². The molecule has 1 unspecified atom stereocenters. The number of rotatable bonds is 5. The second-order valence-corrected chi connectivity index (χ2v) is 6.23. The van der Waals surface area contributed by atoms with Gasteiger partial charge in [0.1, 0.15) is 5.82 Å². The average Bonchev–Trinajstić information content (AvgIpc) is 3.14. The van der Waals surface area contributed by atoms with E-state index in [0.717, 1.165) is 37.4 Å². The Morgan fingerprint density at radius 3 is 2.76 bits per heavy atom. The van der Waals surface area contributed by atoms with Crippen molar-refractivity contribution in [2.75, 3.05) is 37.6 Å². The SMILES string of the molecule is CCNCc1cc(F)cc(N2CCC(N3CCCC3)C2)c1. The van der Waals surface area contributed by atoms with E-state index in [1.165, 1.54) is 32.4 Å². The Morgan fingerprint density at radius 2 is 2.00 bits per heavy atom. The first-order chi connectivity index (χ1) is 10.3. The molecule has 2 heterocycles. The summed E-state index contributed by atoms with van der Waals surface area (Å²) in [7, 11) is 0. The lowest BCUT2D eigenvalue weighted by Crippen LogP contribution is -2.35. The van der Waals surface area contributed by atoms with Crippen molar-refractivity contribution in [3.05, 3.63) is 29.6 Å². The highest BCUT2D eigenvalue weighted by molar-refractivity contribution is 5.50. The van der Waals surface area contributed by atoms with Gasteiger partial charge in [0.25, 0.3) is 0 Å². The number of anilines is 1. The van der Waals surface area contributed by atoms with Crippen LogP contribution in [0.3, 0.4) is 0 Å². The van der Waals surface area contributed by atoms with Gasteiger partial charge in [-0.15, -0.1) is 0 Å². The Bertz CT molecular complexity index is 471. The first kappa shape index (κ1) is 14.8.